The van der Waals surface area contributed by atoms with Gasteiger partial charge < -0.3 is 16.0 Å². The van der Waals surface area contributed by atoms with Gasteiger partial charge in [0.05, 0.1) is 4.99 Å². The summed E-state index contributed by atoms with van der Waals surface area (Å²) in [4.78, 5) is 13.1. The van der Waals surface area contributed by atoms with Crippen molar-refractivity contribution in [2.45, 2.75) is 6.42 Å². The standard InChI is InChI=1S/C6H11N3OS/c7-5(11)1-3-9-4-2-8-6(9)10/h1-4H2,(H2,7,11)(H,8,10). The number of amides is 2. The molecule has 0 aromatic rings. The van der Waals surface area contributed by atoms with E-state index in [1.165, 1.54) is 0 Å². The van der Waals surface area contributed by atoms with Gasteiger partial charge in [-0.2, -0.15) is 0 Å². The minimum Gasteiger partial charge on any atom is -0.393 e. The molecule has 5 heteroatoms. The largest absolute Gasteiger partial charge is 0.393 e. The van der Waals surface area contributed by atoms with Crippen LogP contribution in [0.4, 0.5) is 4.79 Å². The molecule has 0 aromatic carbocycles. The number of nitrogens with two attached hydrogens (primary N) is 1. The molecule has 0 spiro atoms. The zero-order valence-corrected chi connectivity index (χ0v) is 6.99. The van der Waals surface area contributed by atoms with Gasteiger partial charge in [-0.1, -0.05) is 12.2 Å². The third-order valence-corrected chi connectivity index (χ3v) is 1.78. The molecule has 0 aliphatic carbocycles. The first kappa shape index (κ1) is 8.26. The summed E-state index contributed by atoms with van der Waals surface area (Å²) in [5, 5.41) is 2.70. The average Bonchev–Trinajstić information content (AvgIpc) is 2.31. The summed E-state index contributed by atoms with van der Waals surface area (Å²) in [5.41, 5.74) is 5.29. The SMILES string of the molecule is NC(=S)CCN1CCNC1=O. The Hall–Kier alpha value is -0.840. The maximum Gasteiger partial charge on any atom is 0.317 e. The van der Waals surface area contributed by atoms with Crippen LogP contribution in [-0.4, -0.2) is 35.6 Å². The Balaban J connectivity index is 2.26. The van der Waals surface area contributed by atoms with E-state index in [4.69, 9.17) is 5.73 Å². The van der Waals surface area contributed by atoms with Crippen molar-refractivity contribution in [3.05, 3.63) is 0 Å². The van der Waals surface area contributed by atoms with Gasteiger partial charge in [0.2, 0.25) is 0 Å². The van der Waals surface area contributed by atoms with Crippen molar-refractivity contribution in [3.63, 3.8) is 0 Å². The number of carbonyl (C=O) groups is 1. The van der Waals surface area contributed by atoms with Crippen LogP contribution in [0.25, 0.3) is 0 Å². The van der Waals surface area contributed by atoms with Crippen molar-refractivity contribution in [3.8, 4) is 0 Å². The topological polar surface area (TPSA) is 58.4 Å². The molecule has 4 nitrogen and oxygen atoms in total. The minimum atomic E-state index is -0.0127. The Morgan fingerprint density at radius 1 is 1.82 bits per heavy atom. The van der Waals surface area contributed by atoms with Crippen LogP contribution >= 0.6 is 12.2 Å². The summed E-state index contributed by atoms with van der Waals surface area (Å²) in [6, 6.07) is -0.0127. The van der Waals surface area contributed by atoms with Crippen LogP contribution in [-0.2, 0) is 0 Å². The van der Waals surface area contributed by atoms with Gasteiger partial charge >= 0.3 is 6.03 Å². The number of carbonyl (C=O) groups excluding carboxylic acids is 1. The highest BCUT2D eigenvalue weighted by Crippen LogP contribution is 1.97. The zero-order valence-electron chi connectivity index (χ0n) is 6.17. The van der Waals surface area contributed by atoms with E-state index in [9.17, 15) is 4.79 Å². The monoisotopic (exact) mass is 173 g/mol. The van der Waals surface area contributed by atoms with E-state index < -0.39 is 0 Å². The van der Waals surface area contributed by atoms with Gasteiger partial charge in [-0.15, -0.1) is 0 Å². The van der Waals surface area contributed by atoms with Gasteiger partial charge in [0, 0.05) is 26.1 Å². The fourth-order valence-electron chi connectivity index (χ4n) is 0.970. The highest BCUT2D eigenvalue weighted by molar-refractivity contribution is 7.80. The fourth-order valence-corrected chi connectivity index (χ4v) is 1.06. The molecule has 0 radical (unpaired) electrons. The lowest BCUT2D eigenvalue weighted by Crippen LogP contribution is -2.30. The van der Waals surface area contributed by atoms with E-state index in [0.717, 1.165) is 13.1 Å². The number of hydrogen-bond acceptors (Lipinski definition) is 2. The van der Waals surface area contributed by atoms with Crippen molar-refractivity contribution in [2.75, 3.05) is 19.6 Å². The summed E-state index contributed by atoms with van der Waals surface area (Å²) in [5.74, 6) is 0. The van der Waals surface area contributed by atoms with Crippen LogP contribution in [0.2, 0.25) is 0 Å². The quantitative estimate of drug-likeness (QED) is 0.575. The van der Waals surface area contributed by atoms with Gasteiger partial charge in [-0.05, 0) is 0 Å². The predicted molar refractivity (Wildman–Crippen MR) is 46.4 cm³/mol. The molecule has 1 heterocycles. The third kappa shape index (κ3) is 2.34. The Morgan fingerprint density at radius 3 is 3.00 bits per heavy atom. The van der Waals surface area contributed by atoms with Gasteiger partial charge in [-0.25, -0.2) is 4.79 Å². The molecule has 1 fully saturated rings. The molecular formula is C6H11N3OS. The van der Waals surface area contributed by atoms with E-state index in [-0.39, 0.29) is 6.03 Å². The van der Waals surface area contributed by atoms with Crippen LogP contribution in [0.5, 0.6) is 0 Å². The Morgan fingerprint density at radius 2 is 2.55 bits per heavy atom. The lowest BCUT2D eigenvalue weighted by molar-refractivity contribution is 0.218. The minimum absolute atomic E-state index is 0.0127. The normalized spacial score (nSPS) is 16.7. The fraction of sp³-hybridized carbons (Fsp3) is 0.667. The summed E-state index contributed by atoms with van der Waals surface area (Å²) in [6.45, 7) is 2.14. The van der Waals surface area contributed by atoms with E-state index in [2.05, 4.69) is 17.5 Å². The molecular weight excluding hydrogens is 162 g/mol. The van der Waals surface area contributed by atoms with Crippen LogP contribution in [0.3, 0.4) is 0 Å². The van der Waals surface area contributed by atoms with Gasteiger partial charge in [0.25, 0.3) is 0 Å². The Kier molecular flexibility index (Phi) is 2.64. The third-order valence-electron chi connectivity index (χ3n) is 1.57. The second-order valence-electron chi connectivity index (χ2n) is 2.44. The van der Waals surface area contributed by atoms with E-state index >= 15 is 0 Å². The highest BCUT2D eigenvalue weighted by Gasteiger charge is 2.18. The molecule has 62 valence electrons. The molecule has 1 saturated heterocycles. The molecule has 1 aliphatic rings. The molecule has 1 aliphatic heterocycles. The molecule has 0 saturated carbocycles. The molecule has 0 aromatic heterocycles. The second kappa shape index (κ2) is 3.52. The van der Waals surface area contributed by atoms with Gasteiger partial charge in [0.1, 0.15) is 0 Å². The molecule has 3 N–H and O–H groups in total. The van der Waals surface area contributed by atoms with Crippen LogP contribution in [0.15, 0.2) is 0 Å². The Bertz CT molecular complexity index is 183. The molecule has 2 amide bonds. The lowest BCUT2D eigenvalue weighted by Gasteiger charge is -2.12. The van der Waals surface area contributed by atoms with E-state index in [1.807, 2.05) is 0 Å². The molecule has 0 bridgehead atoms. The lowest BCUT2D eigenvalue weighted by atomic mass is 10.4. The number of hydrogen-bond donors (Lipinski definition) is 2. The zero-order chi connectivity index (χ0) is 8.27. The van der Waals surface area contributed by atoms with E-state index in [1.54, 1.807) is 4.90 Å². The number of nitrogens with one attached hydrogen (secondary N) is 1. The summed E-state index contributed by atoms with van der Waals surface area (Å²) >= 11 is 4.69. The second-order valence-corrected chi connectivity index (χ2v) is 2.96. The number of urea groups is 1. The molecule has 0 atom stereocenters. The maximum atomic E-state index is 10.9. The summed E-state index contributed by atoms with van der Waals surface area (Å²) in [7, 11) is 0. The predicted octanol–water partition coefficient (Wildman–Crippen LogP) is -0.312. The summed E-state index contributed by atoms with van der Waals surface area (Å²) in [6.07, 6.45) is 0.614. The van der Waals surface area contributed by atoms with E-state index in [0.29, 0.717) is 18.0 Å². The van der Waals surface area contributed by atoms with Crippen LogP contribution in [0.1, 0.15) is 6.42 Å². The number of nitrogens with zero attached hydrogens (tertiary/aromatic N) is 1. The number of rotatable bonds is 3. The van der Waals surface area contributed by atoms with Crippen molar-refractivity contribution < 1.29 is 4.79 Å². The van der Waals surface area contributed by atoms with Crippen molar-refractivity contribution in [1.29, 1.82) is 0 Å². The Labute approximate surface area is 70.7 Å². The first-order valence-corrected chi connectivity index (χ1v) is 3.92. The molecule has 0 unspecified atom stereocenters. The van der Waals surface area contributed by atoms with Crippen molar-refractivity contribution in [1.82, 2.24) is 10.2 Å². The van der Waals surface area contributed by atoms with Crippen LogP contribution in [0, 0.1) is 0 Å². The van der Waals surface area contributed by atoms with Crippen LogP contribution < -0.4 is 11.1 Å². The first-order valence-electron chi connectivity index (χ1n) is 3.51. The van der Waals surface area contributed by atoms with Gasteiger partial charge in [0.15, 0.2) is 0 Å². The maximum absolute atomic E-state index is 10.9. The molecule has 11 heavy (non-hydrogen) atoms. The first-order chi connectivity index (χ1) is 5.20. The van der Waals surface area contributed by atoms with Gasteiger partial charge in [-0.3, -0.25) is 0 Å². The van der Waals surface area contributed by atoms with Crippen molar-refractivity contribution >= 4 is 23.2 Å². The average molecular weight is 173 g/mol. The number of thiocarbonyl (C=S) groups is 1. The smallest absolute Gasteiger partial charge is 0.317 e. The summed E-state index contributed by atoms with van der Waals surface area (Å²) < 4.78 is 0. The highest BCUT2D eigenvalue weighted by atomic mass is 32.1. The van der Waals surface area contributed by atoms with Crippen molar-refractivity contribution in [2.24, 2.45) is 5.73 Å². The molecule has 1 rings (SSSR count).